The SMILES string of the molecule is O=C(CN1C(=O)S/C(=C/c2cc(I)cc(I)c2OCc2ccccc2)C1=O)c1ccc(Cl)cc1. The van der Waals surface area contributed by atoms with E-state index in [1.807, 2.05) is 42.5 Å². The maximum absolute atomic E-state index is 13.0. The highest BCUT2D eigenvalue weighted by molar-refractivity contribution is 14.1. The largest absolute Gasteiger partial charge is 0.487 e. The van der Waals surface area contributed by atoms with Gasteiger partial charge in [-0.3, -0.25) is 19.3 Å². The molecule has 0 spiro atoms. The molecule has 9 heteroatoms. The summed E-state index contributed by atoms with van der Waals surface area (Å²) in [7, 11) is 0. The molecule has 4 rings (SSSR count). The first-order chi connectivity index (χ1) is 16.3. The number of carbonyl (C=O) groups is 3. The fraction of sp³-hybridized carbons (Fsp3) is 0.0800. The molecule has 0 atom stereocenters. The van der Waals surface area contributed by atoms with E-state index < -0.39 is 11.1 Å². The lowest BCUT2D eigenvalue weighted by Crippen LogP contribution is -2.33. The van der Waals surface area contributed by atoms with Crippen molar-refractivity contribution in [1.82, 2.24) is 4.90 Å². The van der Waals surface area contributed by atoms with E-state index in [1.54, 1.807) is 30.3 Å². The van der Waals surface area contributed by atoms with Crippen molar-refractivity contribution in [2.24, 2.45) is 0 Å². The molecule has 0 bridgehead atoms. The van der Waals surface area contributed by atoms with Crippen molar-refractivity contribution in [3.63, 3.8) is 0 Å². The number of Topliss-reactive ketones (excluding diaryl/α,β-unsaturated/α-hetero) is 1. The van der Waals surface area contributed by atoms with Gasteiger partial charge in [-0.15, -0.1) is 0 Å². The Kier molecular flexibility index (Phi) is 8.33. The molecule has 2 amide bonds. The first-order valence-corrected chi connectivity index (χ1v) is 13.4. The van der Waals surface area contributed by atoms with Crippen LogP contribution in [0.25, 0.3) is 6.08 Å². The number of amides is 2. The number of hydrogen-bond donors (Lipinski definition) is 0. The van der Waals surface area contributed by atoms with E-state index in [0.29, 0.717) is 28.5 Å². The van der Waals surface area contributed by atoms with Crippen LogP contribution in [0.5, 0.6) is 5.75 Å². The van der Waals surface area contributed by atoms with E-state index in [9.17, 15) is 14.4 Å². The van der Waals surface area contributed by atoms with E-state index in [1.165, 1.54) is 0 Å². The molecular weight excluding hydrogens is 700 g/mol. The highest BCUT2D eigenvalue weighted by Crippen LogP contribution is 2.36. The Bertz CT molecular complexity index is 1300. The first kappa shape index (κ1) is 25.2. The Balaban J connectivity index is 1.56. The zero-order valence-corrected chi connectivity index (χ0v) is 23.4. The van der Waals surface area contributed by atoms with Crippen LogP contribution >= 0.6 is 68.5 Å². The number of halogens is 3. The van der Waals surface area contributed by atoms with Crippen LogP contribution in [0.3, 0.4) is 0 Å². The van der Waals surface area contributed by atoms with Crippen LogP contribution in [0.4, 0.5) is 4.79 Å². The number of ketones is 1. The minimum absolute atomic E-state index is 0.247. The second-order valence-electron chi connectivity index (χ2n) is 7.28. The van der Waals surface area contributed by atoms with Crippen LogP contribution in [-0.2, 0) is 11.4 Å². The standard InChI is InChI=1S/C25H16ClI2NO4S/c26-18-8-6-16(7-9-18)21(30)13-29-24(31)22(34-25(29)32)11-17-10-19(27)12-20(28)23(17)33-14-15-4-2-1-3-5-15/h1-12H,13-14H2/b22-11+. The van der Waals surface area contributed by atoms with E-state index >= 15 is 0 Å². The lowest BCUT2D eigenvalue weighted by atomic mass is 10.1. The molecule has 1 heterocycles. The van der Waals surface area contributed by atoms with Gasteiger partial charge in [0.05, 0.1) is 15.0 Å². The summed E-state index contributed by atoms with van der Waals surface area (Å²) >= 11 is 11.1. The Hall–Kier alpha value is -1.89. The molecule has 5 nitrogen and oxygen atoms in total. The molecule has 1 aliphatic rings. The summed E-state index contributed by atoms with van der Waals surface area (Å²) in [6.45, 7) is 0.0419. The van der Waals surface area contributed by atoms with Crippen molar-refractivity contribution in [1.29, 1.82) is 0 Å². The molecular formula is C25H16ClI2NO4S. The third kappa shape index (κ3) is 6.02. The van der Waals surface area contributed by atoms with Crippen LogP contribution in [0.1, 0.15) is 21.5 Å². The first-order valence-electron chi connectivity index (χ1n) is 10.0. The predicted octanol–water partition coefficient (Wildman–Crippen LogP) is 7.05. The lowest BCUT2D eigenvalue weighted by Gasteiger charge is -2.13. The van der Waals surface area contributed by atoms with Crippen molar-refractivity contribution >= 4 is 91.6 Å². The number of carbonyl (C=O) groups excluding carboxylic acids is 3. The fourth-order valence-electron chi connectivity index (χ4n) is 3.22. The van der Waals surface area contributed by atoms with Gasteiger partial charge in [0.15, 0.2) is 5.78 Å². The maximum atomic E-state index is 13.0. The molecule has 0 unspecified atom stereocenters. The van der Waals surface area contributed by atoms with Crippen molar-refractivity contribution < 1.29 is 19.1 Å². The molecule has 1 fully saturated rings. The summed E-state index contributed by atoms with van der Waals surface area (Å²) in [5.41, 5.74) is 2.10. The molecule has 0 aliphatic carbocycles. The summed E-state index contributed by atoms with van der Waals surface area (Å²) in [5.74, 6) is -0.204. The average molecular weight is 716 g/mol. The molecule has 1 aliphatic heterocycles. The van der Waals surface area contributed by atoms with E-state index in [0.717, 1.165) is 29.4 Å². The number of thioether (sulfide) groups is 1. The van der Waals surface area contributed by atoms with Crippen molar-refractivity contribution in [3.05, 3.63) is 100 Å². The molecule has 0 saturated carbocycles. The normalized spacial score (nSPS) is 14.7. The van der Waals surface area contributed by atoms with Crippen LogP contribution in [0.15, 0.2) is 71.6 Å². The van der Waals surface area contributed by atoms with Crippen LogP contribution < -0.4 is 4.74 Å². The summed E-state index contributed by atoms with van der Waals surface area (Å²) in [6.07, 6.45) is 1.66. The molecule has 1 saturated heterocycles. The van der Waals surface area contributed by atoms with Gasteiger partial charge in [0.2, 0.25) is 0 Å². The molecule has 3 aromatic carbocycles. The lowest BCUT2D eigenvalue weighted by molar-refractivity contribution is -0.122. The van der Waals surface area contributed by atoms with Crippen LogP contribution in [0.2, 0.25) is 5.02 Å². The third-order valence-corrected chi connectivity index (χ3v) is 7.47. The number of hydrogen-bond acceptors (Lipinski definition) is 5. The van der Waals surface area contributed by atoms with Crippen LogP contribution in [-0.4, -0.2) is 28.4 Å². The summed E-state index contributed by atoms with van der Waals surface area (Å²) in [6, 6.07) is 20.0. The topological polar surface area (TPSA) is 63.7 Å². The van der Waals surface area contributed by atoms with Gasteiger partial charge < -0.3 is 4.74 Å². The van der Waals surface area contributed by atoms with Crippen molar-refractivity contribution in [2.45, 2.75) is 6.61 Å². The number of ether oxygens (including phenoxy) is 1. The number of benzene rings is 3. The second-order valence-corrected chi connectivity index (χ2v) is 11.1. The number of imide groups is 1. The zero-order valence-electron chi connectivity index (χ0n) is 17.5. The van der Waals surface area contributed by atoms with Gasteiger partial charge >= 0.3 is 0 Å². The smallest absolute Gasteiger partial charge is 0.293 e. The molecule has 34 heavy (non-hydrogen) atoms. The van der Waals surface area contributed by atoms with Gasteiger partial charge in [-0.25, -0.2) is 0 Å². The third-order valence-electron chi connectivity index (χ3n) is 4.89. The van der Waals surface area contributed by atoms with E-state index in [2.05, 4.69) is 45.2 Å². The van der Waals surface area contributed by atoms with Gasteiger partial charge in [0.25, 0.3) is 11.1 Å². The van der Waals surface area contributed by atoms with Crippen molar-refractivity contribution in [3.8, 4) is 5.75 Å². The minimum atomic E-state index is -0.500. The van der Waals surface area contributed by atoms with Crippen LogP contribution in [0, 0.1) is 7.14 Å². The maximum Gasteiger partial charge on any atom is 0.293 e. The molecule has 0 N–H and O–H groups in total. The zero-order chi connectivity index (χ0) is 24.2. The molecule has 0 aromatic heterocycles. The Morgan fingerprint density at radius 2 is 1.74 bits per heavy atom. The Morgan fingerprint density at radius 1 is 1.03 bits per heavy atom. The molecule has 3 aromatic rings. The Labute approximate surface area is 233 Å². The summed E-state index contributed by atoms with van der Waals surface area (Å²) < 4.78 is 7.96. The van der Waals surface area contributed by atoms with Gasteiger partial charge in [0, 0.05) is 19.7 Å². The summed E-state index contributed by atoms with van der Waals surface area (Å²) in [4.78, 5) is 39.4. The predicted molar refractivity (Wildman–Crippen MR) is 151 cm³/mol. The number of nitrogens with zero attached hydrogens (tertiary/aromatic N) is 1. The fourth-order valence-corrected chi connectivity index (χ4v) is 6.22. The van der Waals surface area contributed by atoms with Crippen molar-refractivity contribution in [2.75, 3.05) is 6.54 Å². The average Bonchev–Trinajstić information content (AvgIpc) is 3.07. The Morgan fingerprint density at radius 3 is 2.44 bits per heavy atom. The van der Waals surface area contributed by atoms with Gasteiger partial charge in [-0.05, 0) is 105 Å². The molecule has 0 radical (unpaired) electrons. The highest BCUT2D eigenvalue weighted by Gasteiger charge is 2.36. The summed E-state index contributed by atoms with van der Waals surface area (Å²) in [5, 5.41) is 0.0219. The van der Waals surface area contributed by atoms with Gasteiger partial charge in [-0.1, -0.05) is 41.9 Å². The quantitative estimate of drug-likeness (QED) is 0.149. The molecule has 172 valence electrons. The number of rotatable bonds is 7. The second kappa shape index (κ2) is 11.2. The highest BCUT2D eigenvalue weighted by atomic mass is 127. The van der Waals surface area contributed by atoms with Gasteiger partial charge in [0.1, 0.15) is 12.4 Å². The monoisotopic (exact) mass is 715 g/mol. The van der Waals surface area contributed by atoms with Gasteiger partial charge in [-0.2, -0.15) is 0 Å². The van der Waals surface area contributed by atoms with E-state index in [4.69, 9.17) is 16.3 Å². The van der Waals surface area contributed by atoms with E-state index in [-0.39, 0.29) is 17.2 Å². The minimum Gasteiger partial charge on any atom is -0.487 e.